The lowest BCUT2D eigenvalue weighted by Crippen LogP contribution is -2.49. The molecular formula is C16H23N3OS. The van der Waals surface area contributed by atoms with Crippen molar-refractivity contribution in [2.45, 2.75) is 25.9 Å². The van der Waals surface area contributed by atoms with Crippen molar-refractivity contribution < 1.29 is 4.74 Å². The highest BCUT2D eigenvalue weighted by molar-refractivity contribution is 7.18. The molecule has 114 valence electrons. The van der Waals surface area contributed by atoms with Crippen molar-refractivity contribution >= 4 is 21.6 Å². The van der Waals surface area contributed by atoms with Gasteiger partial charge in [-0.15, -0.1) is 11.3 Å². The van der Waals surface area contributed by atoms with Crippen molar-refractivity contribution in [2.24, 2.45) is 0 Å². The predicted octanol–water partition coefficient (Wildman–Crippen LogP) is 2.50. The van der Waals surface area contributed by atoms with E-state index in [1.807, 2.05) is 11.3 Å². The van der Waals surface area contributed by atoms with Crippen LogP contribution in [0.2, 0.25) is 0 Å². The molecule has 1 fully saturated rings. The van der Waals surface area contributed by atoms with E-state index < -0.39 is 0 Å². The highest BCUT2D eigenvalue weighted by atomic mass is 32.1. The molecule has 21 heavy (non-hydrogen) atoms. The van der Waals surface area contributed by atoms with Crippen LogP contribution >= 0.6 is 11.3 Å². The molecule has 1 atom stereocenters. The van der Waals surface area contributed by atoms with E-state index in [9.17, 15) is 0 Å². The highest BCUT2D eigenvalue weighted by Gasteiger charge is 2.23. The molecule has 3 rings (SSSR count). The molecule has 2 aromatic rings. The van der Waals surface area contributed by atoms with Crippen molar-refractivity contribution in [3.8, 4) is 0 Å². The molecule has 1 aromatic carbocycles. The van der Waals surface area contributed by atoms with Crippen LogP contribution in [0, 0.1) is 0 Å². The lowest BCUT2D eigenvalue weighted by Gasteiger charge is -2.35. The summed E-state index contributed by atoms with van der Waals surface area (Å²) in [6, 6.07) is 8.83. The minimum atomic E-state index is 0.456. The third-order valence-electron chi connectivity index (χ3n) is 3.83. The first-order valence-electron chi connectivity index (χ1n) is 7.74. The van der Waals surface area contributed by atoms with Gasteiger partial charge in [0.15, 0.2) is 0 Å². The maximum Gasteiger partial charge on any atom is 0.108 e. The molecule has 0 amide bonds. The maximum absolute atomic E-state index is 5.64. The van der Waals surface area contributed by atoms with Gasteiger partial charge in [-0.3, -0.25) is 4.90 Å². The van der Waals surface area contributed by atoms with Gasteiger partial charge in [-0.2, -0.15) is 0 Å². The van der Waals surface area contributed by atoms with Crippen molar-refractivity contribution in [3.05, 3.63) is 29.3 Å². The molecule has 0 radical (unpaired) electrons. The Hall–Kier alpha value is -1.01. The maximum atomic E-state index is 5.64. The largest absolute Gasteiger partial charge is 0.378 e. The van der Waals surface area contributed by atoms with Crippen molar-refractivity contribution in [1.82, 2.24) is 15.2 Å². The van der Waals surface area contributed by atoms with Crippen LogP contribution in [0.3, 0.4) is 0 Å². The van der Waals surface area contributed by atoms with Gasteiger partial charge in [0.1, 0.15) is 5.01 Å². The molecule has 0 bridgehead atoms. The Morgan fingerprint density at radius 3 is 3.19 bits per heavy atom. The summed E-state index contributed by atoms with van der Waals surface area (Å²) in [6.07, 6.45) is 1.17. The first-order chi connectivity index (χ1) is 10.4. The second-order valence-electron chi connectivity index (χ2n) is 5.48. The number of para-hydroxylation sites is 1. The summed E-state index contributed by atoms with van der Waals surface area (Å²) < 4.78 is 6.92. The Balaban J connectivity index is 1.65. The average Bonchev–Trinajstić information content (AvgIpc) is 2.91. The van der Waals surface area contributed by atoms with Crippen LogP contribution in [-0.2, 0) is 11.3 Å². The fraction of sp³-hybridized carbons (Fsp3) is 0.562. The molecule has 0 aliphatic carbocycles. The van der Waals surface area contributed by atoms with E-state index in [4.69, 9.17) is 9.72 Å². The van der Waals surface area contributed by atoms with E-state index in [1.54, 1.807) is 0 Å². The van der Waals surface area contributed by atoms with Gasteiger partial charge >= 0.3 is 0 Å². The Bertz CT molecular complexity index is 538. The van der Waals surface area contributed by atoms with E-state index in [0.29, 0.717) is 6.04 Å². The quantitative estimate of drug-likeness (QED) is 0.832. The Morgan fingerprint density at radius 2 is 2.33 bits per heavy atom. The number of rotatable bonds is 6. The molecule has 0 spiro atoms. The minimum absolute atomic E-state index is 0.456. The van der Waals surface area contributed by atoms with Crippen LogP contribution in [0.15, 0.2) is 24.3 Å². The average molecular weight is 305 g/mol. The lowest BCUT2D eigenvalue weighted by atomic mass is 10.2. The highest BCUT2D eigenvalue weighted by Crippen LogP contribution is 2.23. The Kier molecular flexibility index (Phi) is 5.19. The molecule has 1 aromatic heterocycles. The van der Waals surface area contributed by atoms with Crippen molar-refractivity contribution in [1.29, 1.82) is 0 Å². The standard InChI is InChI=1S/C16H23N3OS/c1-2-7-17-10-13-12-20-9-8-19(13)11-16-18-14-5-3-4-6-15(14)21-16/h3-6,13,17H,2,7-12H2,1H3. The van der Waals surface area contributed by atoms with Crippen molar-refractivity contribution in [3.63, 3.8) is 0 Å². The Morgan fingerprint density at radius 1 is 1.43 bits per heavy atom. The number of aromatic nitrogens is 1. The number of ether oxygens (including phenoxy) is 1. The monoisotopic (exact) mass is 305 g/mol. The Labute approximate surface area is 130 Å². The fourth-order valence-corrected chi connectivity index (χ4v) is 3.69. The number of benzene rings is 1. The minimum Gasteiger partial charge on any atom is -0.378 e. The smallest absolute Gasteiger partial charge is 0.108 e. The molecule has 4 nitrogen and oxygen atoms in total. The first-order valence-corrected chi connectivity index (χ1v) is 8.55. The summed E-state index contributed by atoms with van der Waals surface area (Å²) in [5.41, 5.74) is 1.12. The summed E-state index contributed by atoms with van der Waals surface area (Å²) in [7, 11) is 0. The van der Waals surface area contributed by atoms with E-state index in [1.165, 1.54) is 16.1 Å². The van der Waals surface area contributed by atoms with Gasteiger partial charge < -0.3 is 10.1 Å². The zero-order chi connectivity index (χ0) is 14.5. The van der Waals surface area contributed by atoms with Crippen LogP contribution in [0.25, 0.3) is 10.2 Å². The zero-order valence-corrected chi connectivity index (χ0v) is 13.4. The number of nitrogens with one attached hydrogen (secondary N) is 1. The molecule has 2 heterocycles. The number of hydrogen-bond acceptors (Lipinski definition) is 5. The third-order valence-corrected chi connectivity index (χ3v) is 4.85. The number of hydrogen-bond donors (Lipinski definition) is 1. The SMILES string of the molecule is CCCNCC1COCCN1Cc1nc2ccccc2s1. The van der Waals surface area contributed by atoms with Gasteiger partial charge in [0.25, 0.3) is 0 Å². The fourth-order valence-electron chi connectivity index (χ4n) is 2.69. The summed E-state index contributed by atoms with van der Waals surface area (Å²) in [5, 5.41) is 4.72. The number of fused-ring (bicyclic) bond motifs is 1. The number of morpholine rings is 1. The van der Waals surface area contributed by atoms with Gasteiger partial charge in [0.05, 0.1) is 30.0 Å². The summed E-state index contributed by atoms with van der Waals surface area (Å²) in [6.45, 7) is 7.85. The molecule has 1 saturated heterocycles. The second-order valence-corrected chi connectivity index (χ2v) is 6.59. The first kappa shape index (κ1) is 14.9. The summed E-state index contributed by atoms with van der Waals surface area (Å²) in [5.74, 6) is 0. The van der Waals surface area contributed by atoms with Crippen LogP contribution in [0.1, 0.15) is 18.4 Å². The van der Waals surface area contributed by atoms with E-state index in [-0.39, 0.29) is 0 Å². The topological polar surface area (TPSA) is 37.4 Å². The normalized spacial score (nSPS) is 20.1. The summed E-state index contributed by atoms with van der Waals surface area (Å²) >= 11 is 1.81. The van der Waals surface area contributed by atoms with Gasteiger partial charge in [-0.1, -0.05) is 19.1 Å². The van der Waals surface area contributed by atoms with Crippen LogP contribution in [-0.4, -0.2) is 48.8 Å². The molecule has 1 unspecified atom stereocenters. The predicted molar refractivity (Wildman–Crippen MR) is 87.8 cm³/mol. The van der Waals surface area contributed by atoms with Gasteiger partial charge in [0.2, 0.25) is 0 Å². The van der Waals surface area contributed by atoms with Gasteiger partial charge in [-0.25, -0.2) is 4.98 Å². The second kappa shape index (κ2) is 7.31. The molecule has 0 saturated carbocycles. The molecular weight excluding hydrogens is 282 g/mol. The number of thiazole rings is 1. The van der Waals surface area contributed by atoms with E-state index in [2.05, 4.69) is 41.4 Å². The molecule has 1 aliphatic rings. The van der Waals surface area contributed by atoms with Crippen LogP contribution in [0.5, 0.6) is 0 Å². The van der Waals surface area contributed by atoms with E-state index in [0.717, 1.165) is 44.9 Å². The third kappa shape index (κ3) is 3.80. The van der Waals surface area contributed by atoms with Crippen LogP contribution in [0.4, 0.5) is 0 Å². The van der Waals surface area contributed by atoms with E-state index >= 15 is 0 Å². The van der Waals surface area contributed by atoms with Gasteiger partial charge in [0, 0.05) is 19.1 Å². The van der Waals surface area contributed by atoms with Crippen LogP contribution < -0.4 is 5.32 Å². The summed E-state index contributed by atoms with van der Waals surface area (Å²) in [4.78, 5) is 7.26. The molecule has 1 N–H and O–H groups in total. The number of nitrogens with zero attached hydrogens (tertiary/aromatic N) is 2. The zero-order valence-electron chi connectivity index (χ0n) is 12.5. The van der Waals surface area contributed by atoms with Crippen molar-refractivity contribution in [2.75, 3.05) is 32.8 Å². The van der Waals surface area contributed by atoms with Gasteiger partial charge in [-0.05, 0) is 25.1 Å². The molecule has 5 heteroatoms. The molecule has 1 aliphatic heterocycles. The lowest BCUT2D eigenvalue weighted by molar-refractivity contribution is -0.0108.